The molecule has 0 aliphatic rings. The summed E-state index contributed by atoms with van der Waals surface area (Å²) in [6.45, 7) is 0. The first-order valence-electron chi connectivity index (χ1n) is 3.37. The minimum Gasteiger partial charge on any atom is -0.364 e. The molecule has 0 spiro atoms. The van der Waals surface area contributed by atoms with E-state index in [0.717, 1.165) is 0 Å². The second-order valence-electron chi connectivity index (χ2n) is 2.35. The number of carbonyl (C=O) groups is 1. The summed E-state index contributed by atoms with van der Waals surface area (Å²) in [7, 11) is 0. The van der Waals surface area contributed by atoms with Crippen LogP contribution in [0.4, 0.5) is 8.78 Å². The Balaban J connectivity index is 3.45. The summed E-state index contributed by atoms with van der Waals surface area (Å²) in [5.41, 5.74) is 4.06. The van der Waals surface area contributed by atoms with E-state index < -0.39 is 23.6 Å². The second kappa shape index (κ2) is 4.47. The number of nitrogens with two attached hydrogens (primary N) is 1. The smallest absolute Gasteiger partial charge is 0.267 e. The summed E-state index contributed by atoms with van der Waals surface area (Å²) in [4.78, 5) is 14.4. The van der Waals surface area contributed by atoms with Crippen LogP contribution in [-0.2, 0) is 0 Å². The molecule has 0 radical (unpaired) electrons. The Morgan fingerprint density at radius 2 is 2.21 bits per heavy atom. The van der Waals surface area contributed by atoms with Gasteiger partial charge in [0.1, 0.15) is 5.69 Å². The molecule has 2 N–H and O–H groups in total. The monoisotopic (exact) mass is 376 g/mol. The maximum Gasteiger partial charge on any atom is 0.267 e. The van der Waals surface area contributed by atoms with E-state index >= 15 is 0 Å². The number of nitrogens with zero attached hydrogens (tertiary/aromatic N) is 1. The van der Waals surface area contributed by atoms with E-state index in [-0.39, 0.29) is 4.47 Å². The fraction of sp³-hybridized carbons (Fsp3) is 0.143. The first-order valence-corrected chi connectivity index (χ1v) is 5.24. The fourth-order valence-corrected chi connectivity index (χ4v) is 1.77. The van der Waals surface area contributed by atoms with Gasteiger partial charge in [0.05, 0.1) is 5.56 Å². The third kappa shape index (κ3) is 2.19. The van der Waals surface area contributed by atoms with Crippen molar-refractivity contribution in [1.82, 2.24) is 4.98 Å². The summed E-state index contributed by atoms with van der Waals surface area (Å²) in [5, 5.41) is 0. The van der Waals surface area contributed by atoms with Crippen molar-refractivity contribution in [2.24, 2.45) is 5.73 Å². The van der Waals surface area contributed by atoms with Crippen molar-refractivity contribution in [2.75, 3.05) is 0 Å². The Bertz CT molecular complexity index is 386. The van der Waals surface area contributed by atoms with Gasteiger partial charge in [-0.05, 0) is 38.5 Å². The fourth-order valence-electron chi connectivity index (χ4n) is 0.876. The Hall–Kier alpha value is -0.310. The van der Waals surface area contributed by atoms with Crippen molar-refractivity contribution in [1.29, 1.82) is 0 Å². The van der Waals surface area contributed by atoms with Crippen LogP contribution in [0.1, 0.15) is 22.5 Å². The van der Waals surface area contributed by atoms with Gasteiger partial charge in [-0.3, -0.25) is 4.79 Å². The second-order valence-corrected chi connectivity index (χ2v) is 4.30. The maximum atomic E-state index is 12.5. The van der Waals surface area contributed by atoms with Gasteiger partial charge in [-0.25, -0.2) is 13.8 Å². The molecule has 0 atom stereocenters. The Morgan fingerprint density at radius 1 is 1.64 bits per heavy atom. The highest BCUT2D eigenvalue weighted by molar-refractivity contribution is 14.1. The van der Waals surface area contributed by atoms with Crippen LogP contribution in [0.5, 0.6) is 0 Å². The highest BCUT2D eigenvalue weighted by atomic mass is 127. The van der Waals surface area contributed by atoms with E-state index in [4.69, 9.17) is 5.73 Å². The van der Waals surface area contributed by atoms with Crippen molar-refractivity contribution in [3.05, 3.63) is 25.5 Å². The van der Waals surface area contributed by atoms with E-state index in [0.29, 0.717) is 3.57 Å². The highest BCUT2D eigenvalue weighted by Crippen LogP contribution is 2.32. The standard InChI is InChI=1S/C7H4BrF2IN2O/c8-4-2(11)1-13-5(7(12)14)3(4)6(9)10/h1,6H,(H2,12,14). The molecular weight excluding hydrogens is 373 g/mol. The van der Waals surface area contributed by atoms with E-state index in [1.165, 1.54) is 6.20 Å². The largest absolute Gasteiger partial charge is 0.364 e. The van der Waals surface area contributed by atoms with Gasteiger partial charge < -0.3 is 5.73 Å². The molecule has 76 valence electrons. The molecule has 14 heavy (non-hydrogen) atoms. The van der Waals surface area contributed by atoms with Gasteiger partial charge >= 0.3 is 0 Å². The maximum absolute atomic E-state index is 12.5. The van der Waals surface area contributed by atoms with E-state index in [1.807, 2.05) is 22.6 Å². The molecule has 0 aliphatic heterocycles. The molecule has 7 heteroatoms. The molecule has 0 saturated carbocycles. The number of primary amides is 1. The number of carbonyl (C=O) groups excluding carboxylic acids is 1. The molecular formula is C7H4BrF2IN2O. The average Bonchev–Trinajstić information content (AvgIpc) is 2.08. The van der Waals surface area contributed by atoms with Gasteiger partial charge in [0.25, 0.3) is 12.3 Å². The predicted octanol–water partition coefficient (Wildman–Crippen LogP) is 2.49. The van der Waals surface area contributed by atoms with E-state index in [2.05, 4.69) is 20.9 Å². The third-order valence-electron chi connectivity index (χ3n) is 1.46. The number of halogens is 4. The van der Waals surface area contributed by atoms with Gasteiger partial charge in [0.2, 0.25) is 0 Å². The number of amides is 1. The van der Waals surface area contributed by atoms with Gasteiger partial charge in [0, 0.05) is 14.2 Å². The first-order chi connectivity index (χ1) is 6.45. The lowest BCUT2D eigenvalue weighted by atomic mass is 10.2. The zero-order valence-corrected chi connectivity index (χ0v) is 10.3. The van der Waals surface area contributed by atoms with Crippen molar-refractivity contribution in [3.63, 3.8) is 0 Å². The van der Waals surface area contributed by atoms with Crippen LogP contribution >= 0.6 is 38.5 Å². The molecule has 0 bridgehead atoms. The molecule has 0 aromatic carbocycles. The zero-order valence-electron chi connectivity index (χ0n) is 6.60. The quantitative estimate of drug-likeness (QED) is 0.806. The van der Waals surface area contributed by atoms with Gasteiger partial charge in [-0.2, -0.15) is 0 Å². The molecule has 3 nitrogen and oxygen atoms in total. The summed E-state index contributed by atoms with van der Waals surface area (Å²) < 4.78 is 25.8. The molecule has 0 unspecified atom stereocenters. The molecule has 1 heterocycles. The first kappa shape index (κ1) is 11.8. The molecule has 0 aliphatic carbocycles. The van der Waals surface area contributed by atoms with Crippen LogP contribution < -0.4 is 5.73 Å². The van der Waals surface area contributed by atoms with Crippen molar-refractivity contribution in [2.45, 2.75) is 6.43 Å². The van der Waals surface area contributed by atoms with Crippen molar-refractivity contribution < 1.29 is 13.6 Å². The highest BCUT2D eigenvalue weighted by Gasteiger charge is 2.22. The summed E-state index contributed by atoms with van der Waals surface area (Å²) in [6, 6.07) is 0. The van der Waals surface area contributed by atoms with Gasteiger partial charge in [-0.1, -0.05) is 0 Å². The lowest BCUT2D eigenvalue weighted by molar-refractivity contribution is 0.0979. The number of pyridine rings is 1. The number of rotatable bonds is 2. The lowest BCUT2D eigenvalue weighted by Gasteiger charge is -2.08. The minimum absolute atomic E-state index is 0.164. The van der Waals surface area contributed by atoms with E-state index in [9.17, 15) is 13.6 Å². The molecule has 1 aromatic heterocycles. The van der Waals surface area contributed by atoms with Crippen molar-refractivity contribution in [3.8, 4) is 0 Å². The van der Waals surface area contributed by atoms with E-state index in [1.54, 1.807) is 0 Å². The van der Waals surface area contributed by atoms with Gasteiger partial charge in [-0.15, -0.1) is 0 Å². The third-order valence-corrected chi connectivity index (χ3v) is 3.87. The van der Waals surface area contributed by atoms with Crippen LogP contribution in [0.2, 0.25) is 0 Å². The number of hydrogen-bond donors (Lipinski definition) is 1. The lowest BCUT2D eigenvalue weighted by Crippen LogP contribution is -2.17. The molecule has 1 rings (SSSR count). The Kier molecular flexibility index (Phi) is 3.76. The Morgan fingerprint density at radius 3 is 2.64 bits per heavy atom. The molecule has 0 saturated heterocycles. The topological polar surface area (TPSA) is 56.0 Å². The molecule has 0 fully saturated rings. The van der Waals surface area contributed by atoms with Crippen LogP contribution in [0, 0.1) is 3.57 Å². The number of aromatic nitrogens is 1. The van der Waals surface area contributed by atoms with Crippen LogP contribution in [0.15, 0.2) is 10.7 Å². The van der Waals surface area contributed by atoms with Crippen molar-refractivity contribution >= 4 is 44.4 Å². The SMILES string of the molecule is NC(=O)c1ncc(I)c(Br)c1C(F)F. The number of alkyl halides is 2. The number of hydrogen-bond acceptors (Lipinski definition) is 2. The summed E-state index contributed by atoms with van der Waals surface area (Å²) in [6.07, 6.45) is -1.48. The molecule has 1 aromatic rings. The normalized spacial score (nSPS) is 10.6. The predicted molar refractivity (Wildman–Crippen MR) is 58.1 cm³/mol. The minimum atomic E-state index is -2.78. The van der Waals surface area contributed by atoms with Crippen LogP contribution in [-0.4, -0.2) is 10.9 Å². The van der Waals surface area contributed by atoms with Crippen LogP contribution in [0.3, 0.4) is 0 Å². The molecule has 1 amide bonds. The average molecular weight is 377 g/mol. The van der Waals surface area contributed by atoms with Gasteiger partial charge in [0.15, 0.2) is 0 Å². The van der Waals surface area contributed by atoms with Crippen LogP contribution in [0.25, 0.3) is 0 Å². The summed E-state index contributed by atoms with van der Waals surface area (Å²) >= 11 is 4.79. The summed E-state index contributed by atoms with van der Waals surface area (Å²) in [5.74, 6) is -0.961. The zero-order chi connectivity index (χ0) is 10.9. The Labute approximate surface area is 100 Å².